The second-order valence-electron chi connectivity index (χ2n) is 8.53. The molecule has 166 valence electrons. The summed E-state index contributed by atoms with van der Waals surface area (Å²) in [5.74, 6) is 0.323. The molecule has 6 nitrogen and oxygen atoms in total. The topological polar surface area (TPSA) is 61.5 Å². The lowest BCUT2D eigenvalue weighted by atomic mass is 9.95. The zero-order valence-electron chi connectivity index (χ0n) is 17.9. The summed E-state index contributed by atoms with van der Waals surface area (Å²) in [7, 11) is 0. The van der Waals surface area contributed by atoms with Gasteiger partial charge in [0.2, 0.25) is 5.91 Å². The Balaban J connectivity index is 1.32. The van der Waals surface area contributed by atoms with Crippen molar-refractivity contribution in [3.63, 3.8) is 0 Å². The number of nitrogens with one attached hydrogen (secondary N) is 1. The summed E-state index contributed by atoms with van der Waals surface area (Å²) in [6.45, 7) is 4.65. The number of aromatic amines is 1. The smallest absolute Gasteiger partial charge is 0.246 e. The highest BCUT2D eigenvalue weighted by molar-refractivity contribution is 5.91. The van der Waals surface area contributed by atoms with Crippen LogP contribution in [0, 0.1) is 11.7 Å². The maximum Gasteiger partial charge on any atom is 0.246 e. The molecule has 2 aliphatic heterocycles. The van der Waals surface area contributed by atoms with Gasteiger partial charge in [-0.2, -0.15) is 0 Å². The minimum atomic E-state index is -0.137. The van der Waals surface area contributed by atoms with E-state index in [1.54, 1.807) is 30.7 Å². The SMILES string of the molecule is O=C(C=Cc1cnc[nH]1)N(CC1CCN(Cc2ccccc2F)CC1)CC1CCCO1. The molecule has 1 aromatic carbocycles. The van der Waals surface area contributed by atoms with Crippen LogP contribution in [-0.4, -0.2) is 64.6 Å². The molecule has 1 amide bonds. The zero-order chi connectivity index (χ0) is 21.5. The predicted octanol–water partition coefficient (Wildman–Crippen LogP) is 3.48. The van der Waals surface area contributed by atoms with Gasteiger partial charge in [0.15, 0.2) is 0 Å². The first-order valence-corrected chi connectivity index (χ1v) is 11.2. The molecule has 31 heavy (non-hydrogen) atoms. The lowest BCUT2D eigenvalue weighted by Crippen LogP contribution is -2.43. The Morgan fingerprint density at radius 2 is 2.10 bits per heavy atom. The number of H-pyrrole nitrogens is 1. The van der Waals surface area contributed by atoms with Crippen molar-refractivity contribution in [1.82, 2.24) is 19.8 Å². The normalized spacial score (nSPS) is 20.5. The van der Waals surface area contributed by atoms with Crippen LogP contribution in [0.1, 0.15) is 36.9 Å². The molecule has 2 saturated heterocycles. The molecule has 2 fully saturated rings. The van der Waals surface area contributed by atoms with E-state index in [0.29, 0.717) is 19.0 Å². The zero-order valence-corrected chi connectivity index (χ0v) is 17.9. The van der Waals surface area contributed by atoms with E-state index in [2.05, 4.69) is 14.9 Å². The fraction of sp³-hybridized carbons (Fsp3) is 0.500. The number of hydrogen-bond donors (Lipinski definition) is 1. The van der Waals surface area contributed by atoms with Crippen molar-refractivity contribution in [1.29, 1.82) is 0 Å². The quantitative estimate of drug-likeness (QED) is 0.657. The second-order valence-corrected chi connectivity index (χ2v) is 8.53. The number of rotatable bonds is 8. The van der Waals surface area contributed by atoms with E-state index in [-0.39, 0.29) is 17.8 Å². The van der Waals surface area contributed by atoms with Gasteiger partial charge >= 0.3 is 0 Å². The summed E-state index contributed by atoms with van der Waals surface area (Å²) < 4.78 is 19.7. The van der Waals surface area contributed by atoms with Gasteiger partial charge in [-0.15, -0.1) is 0 Å². The number of ether oxygens (including phenoxy) is 1. The van der Waals surface area contributed by atoms with Gasteiger partial charge in [0.25, 0.3) is 0 Å². The lowest BCUT2D eigenvalue weighted by molar-refractivity contribution is -0.128. The lowest BCUT2D eigenvalue weighted by Gasteiger charge is -2.35. The summed E-state index contributed by atoms with van der Waals surface area (Å²) in [6, 6.07) is 6.99. The summed E-state index contributed by atoms with van der Waals surface area (Å²) in [4.78, 5) is 24.2. The number of carbonyl (C=O) groups excluding carboxylic acids is 1. The summed E-state index contributed by atoms with van der Waals surface area (Å²) in [5.41, 5.74) is 1.56. The molecular weight excluding hydrogens is 395 g/mol. The van der Waals surface area contributed by atoms with Gasteiger partial charge in [0.1, 0.15) is 5.82 Å². The third-order valence-corrected chi connectivity index (χ3v) is 6.22. The molecule has 0 aliphatic carbocycles. The molecule has 4 rings (SSSR count). The number of hydrogen-bond acceptors (Lipinski definition) is 4. The van der Waals surface area contributed by atoms with Crippen molar-refractivity contribution < 1.29 is 13.9 Å². The number of imidazole rings is 1. The number of piperidine rings is 1. The minimum Gasteiger partial charge on any atom is -0.376 e. The molecule has 3 heterocycles. The van der Waals surface area contributed by atoms with Crippen LogP contribution in [-0.2, 0) is 16.1 Å². The number of aromatic nitrogens is 2. The maximum absolute atomic E-state index is 14.0. The Labute approximate surface area is 183 Å². The largest absolute Gasteiger partial charge is 0.376 e. The highest BCUT2D eigenvalue weighted by Crippen LogP contribution is 2.22. The molecule has 1 atom stereocenters. The molecule has 2 aliphatic rings. The first-order valence-electron chi connectivity index (χ1n) is 11.2. The van der Waals surface area contributed by atoms with Crippen LogP contribution in [0.4, 0.5) is 4.39 Å². The van der Waals surface area contributed by atoms with Crippen LogP contribution in [0.3, 0.4) is 0 Å². The number of likely N-dealkylation sites (tertiary alicyclic amines) is 1. The summed E-state index contributed by atoms with van der Waals surface area (Å²) >= 11 is 0. The molecule has 0 saturated carbocycles. The highest BCUT2D eigenvalue weighted by Gasteiger charge is 2.26. The van der Waals surface area contributed by atoms with Gasteiger partial charge in [-0.25, -0.2) is 9.37 Å². The van der Waals surface area contributed by atoms with Gasteiger partial charge in [-0.3, -0.25) is 9.69 Å². The summed E-state index contributed by atoms with van der Waals surface area (Å²) in [5, 5.41) is 0. The second kappa shape index (κ2) is 10.7. The molecule has 0 radical (unpaired) electrons. The van der Waals surface area contributed by atoms with Crippen LogP contribution in [0.15, 0.2) is 42.9 Å². The van der Waals surface area contributed by atoms with Crippen molar-refractivity contribution in [3.05, 3.63) is 59.9 Å². The van der Waals surface area contributed by atoms with Crippen LogP contribution < -0.4 is 0 Å². The molecule has 0 spiro atoms. The van der Waals surface area contributed by atoms with E-state index in [4.69, 9.17) is 4.74 Å². The first kappa shape index (κ1) is 21.7. The van der Waals surface area contributed by atoms with Crippen molar-refractivity contribution >= 4 is 12.0 Å². The molecule has 7 heteroatoms. The van der Waals surface area contributed by atoms with Gasteiger partial charge < -0.3 is 14.6 Å². The molecule has 1 unspecified atom stereocenters. The van der Waals surface area contributed by atoms with E-state index in [1.165, 1.54) is 6.07 Å². The Kier molecular flexibility index (Phi) is 7.48. The van der Waals surface area contributed by atoms with Gasteiger partial charge in [-0.05, 0) is 56.8 Å². The van der Waals surface area contributed by atoms with Crippen molar-refractivity contribution in [3.8, 4) is 0 Å². The molecule has 2 aromatic rings. The first-order chi connectivity index (χ1) is 15.2. The van der Waals surface area contributed by atoms with Gasteiger partial charge in [-0.1, -0.05) is 18.2 Å². The minimum absolute atomic E-state index is 0.0129. The molecular formula is C24H31FN4O2. The van der Waals surface area contributed by atoms with Crippen LogP contribution in [0.25, 0.3) is 6.08 Å². The molecule has 0 bridgehead atoms. The van der Waals surface area contributed by atoms with E-state index >= 15 is 0 Å². The van der Waals surface area contributed by atoms with Crippen molar-refractivity contribution in [2.24, 2.45) is 5.92 Å². The van der Waals surface area contributed by atoms with Crippen LogP contribution in [0.5, 0.6) is 0 Å². The van der Waals surface area contributed by atoms with Gasteiger partial charge in [0, 0.05) is 37.9 Å². The number of benzene rings is 1. The fourth-order valence-electron chi connectivity index (χ4n) is 4.42. The Morgan fingerprint density at radius 1 is 1.26 bits per heavy atom. The monoisotopic (exact) mass is 426 g/mol. The Hall–Kier alpha value is -2.51. The third-order valence-electron chi connectivity index (χ3n) is 6.22. The average molecular weight is 427 g/mol. The van der Waals surface area contributed by atoms with Crippen molar-refractivity contribution in [2.45, 2.75) is 38.3 Å². The summed E-state index contributed by atoms with van der Waals surface area (Å²) in [6.07, 6.45) is 10.9. The Bertz CT molecular complexity index is 856. The highest BCUT2D eigenvalue weighted by atomic mass is 19.1. The van der Waals surface area contributed by atoms with E-state index in [1.807, 2.05) is 17.0 Å². The predicted molar refractivity (Wildman–Crippen MR) is 118 cm³/mol. The molecule has 1 aromatic heterocycles. The van der Waals surface area contributed by atoms with E-state index in [0.717, 1.165) is 63.2 Å². The number of halogens is 1. The standard InChI is InChI=1S/C24H31FN4O2/c25-23-6-2-1-4-20(23)16-28-11-9-19(10-12-28)15-29(17-22-5-3-13-31-22)24(30)8-7-21-14-26-18-27-21/h1-2,4,6-8,14,18-19,22H,3,5,9-13,15-17H2,(H,26,27). The molecule has 1 N–H and O–H groups in total. The number of carbonyl (C=O) groups is 1. The van der Waals surface area contributed by atoms with Crippen LogP contribution in [0.2, 0.25) is 0 Å². The van der Waals surface area contributed by atoms with Crippen LogP contribution >= 0.6 is 0 Å². The van der Waals surface area contributed by atoms with Gasteiger partial charge in [0.05, 0.1) is 24.3 Å². The average Bonchev–Trinajstić information content (AvgIpc) is 3.49. The van der Waals surface area contributed by atoms with E-state index < -0.39 is 0 Å². The van der Waals surface area contributed by atoms with E-state index in [9.17, 15) is 9.18 Å². The number of nitrogens with zero attached hydrogens (tertiary/aromatic N) is 3. The van der Waals surface area contributed by atoms with Crippen molar-refractivity contribution in [2.75, 3.05) is 32.8 Å². The maximum atomic E-state index is 14.0. The number of amides is 1. The Morgan fingerprint density at radius 3 is 2.81 bits per heavy atom. The fourth-order valence-corrected chi connectivity index (χ4v) is 4.42. The third kappa shape index (κ3) is 6.24.